The summed E-state index contributed by atoms with van der Waals surface area (Å²) in [5.41, 5.74) is 1.71. The molecular formula is C23H23N3O3S. The Balaban J connectivity index is 1.66. The largest absolute Gasteiger partial charge is 0.324 e. The van der Waals surface area contributed by atoms with Crippen molar-refractivity contribution in [3.05, 3.63) is 59.7 Å². The summed E-state index contributed by atoms with van der Waals surface area (Å²) in [6.07, 6.45) is 2.72. The van der Waals surface area contributed by atoms with Gasteiger partial charge in [0.2, 0.25) is 17.7 Å². The summed E-state index contributed by atoms with van der Waals surface area (Å²) < 4.78 is 0. The maximum atomic E-state index is 13.8. The van der Waals surface area contributed by atoms with Gasteiger partial charge in [0.25, 0.3) is 0 Å². The number of para-hydroxylation sites is 2. The number of nitrogens with one attached hydrogen (secondary N) is 2. The van der Waals surface area contributed by atoms with Gasteiger partial charge in [0, 0.05) is 17.3 Å². The van der Waals surface area contributed by atoms with Crippen LogP contribution in [0.2, 0.25) is 0 Å². The van der Waals surface area contributed by atoms with E-state index in [0.29, 0.717) is 17.8 Å². The quantitative estimate of drug-likeness (QED) is 0.742. The Morgan fingerprint density at radius 3 is 2.53 bits per heavy atom. The fourth-order valence-electron chi connectivity index (χ4n) is 5.30. The van der Waals surface area contributed by atoms with Gasteiger partial charge in [-0.05, 0) is 43.0 Å². The molecule has 0 aromatic heterocycles. The average molecular weight is 422 g/mol. The van der Waals surface area contributed by atoms with Crippen LogP contribution in [0.25, 0.3) is 0 Å². The first-order valence-corrected chi connectivity index (χ1v) is 11.5. The summed E-state index contributed by atoms with van der Waals surface area (Å²) in [7, 11) is 0. The normalized spacial score (nSPS) is 29.5. The molecule has 2 aromatic rings. The molecule has 0 saturated carbocycles. The third-order valence-corrected chi connectivity index (χ3v) is 7.26. The molecule has 6 nitrogen and oxygen atoms in total. The molecule has 3 heterocycles. The van der Waals surface area contributed by atoms with Crippen molar-refractivity contribution in [1.29, 1.82) is 0 Å². The van der Waals surface area contributed by atoms with Gasteiger partial charge in [0.15, 0.2) is 0 Å². The standard InChI is InChI=1S/C23H23N3O3S/c1-13-7-3-6-10-17(13)26-20(27)18-16(11-12-30-2)25-23(19(18)21(26)28)14-8-4-5-9-15(14)24-22(23)29/h3-10,16,18-19,25H,11-12H2,1-2H3,(H,24,29)/t16-,18+,19-,23-/m0/s1. The van der Waals surface area contributed by atoms with Gasteiger partial charge in [-0.2, -0.15) is 11.8 Å². The van der Waals surface area contributed by atoms with Crippen LogP contribution >= 0.6 is 11.8 Å². The number of imide groups is 1. The third kappa shape index (κ3) is 2.45. The monoisotopic (exact) mass is 421 g/mol. The summed E-state index contributed by atoms with van der Waals surface area (Å²) >= 11 is 1.69. The number of benzene rings is 2. The van der Waals surface area contributed by atoms with Crippen molar-refractivity contribution in [2.75, 3.05) is 22.2 Å². The molecule has 7 heteroatoms. The lowest BCUT2D eigenvalue weighted by molar-refractivity contribution is -0.130. The number of rotatable bonds is 4. The van der Waals surface area contributed by atoms with E-state index in [4.69, 9.17) is 0 Å². The highest BCUT2D eigenvalue weighted by Gasteiger charge is 2.70. The minimum Gasteiger partial charge on any atom is -0.324 e. The zero-order valence-electron chi connectivity index (χ0n) is 16.8. The number of hydrogen-bond donors (Lipinski definition) is 2. The third-order valence-electron chi connectivity index (χ3n) is 6.61. The molecule has 2 saturated heterocycles. The number of hydrogen-bond acceptors (Lipinski definition) is 5. The second kappa shape index (κ2) is 6.96. The molecule has 0 aliphatic carbocycles. The molecule has 1 spiro atoms. The van der Waals surface area contributed by atoms with Crippen LogP contribution in [0.3, 0.4) is 0 Å². The van der Waals surface area contributed by atoms with E-state index < -0.39 is 17.4 Å². The topological polar surface area (TPSA) is 78.5 Å². The summed E-state index contributed by atoms with van der Waals surface area (Å²) in [5, 5.41) is 6.40. The average Bonchev–Trinajstić information content (AvgIpc) is 3.32. The zero-order chi connectivity index (χ0) is 21.0. The van der Waals surface area contributed by atoms with Gasteiger partial charge < -0.3 is 5.32 Å². The zero-order valence-corrected chi connectivity index (χ0v) is 17.7. The predicted molar refractivity (Wildman–Crippen MR) is 117 cm³/mol. The van der Waals surface area contributed by atoms with Crippen LogP contribution in [0.1, 0.15) is 17.5 Å². The lowest BCUT2D eigenvalue weighted by Gasteiger charge is -2.29. The minimum absolute atomic E-state index is 0.216. The number of carbonyl (C=O) groups is 3. The van der Waals surface area contributed by atoms with Gasteiger partial charge in [0.1, 0.15) is 5.54 Å². The number of thioether (sulfide) groups is 1. The van der Waals surface area contributed by atoms with Gasteiger partial charge in [-0.25, -0.2) is 4.90 Å². The highest BCUT2D eigenvalue weighted by atomic mass is 32.2. The molecule has 4 atom stereocenters. The predicted octanol–water partition coefficient (Wildman–Crippen LogP) is 2.67. The van der Waals surface area contributed by atoms with Crippen molar-refractivity contribution in [2.45, 2.75) is 24.9 Å². The minimum atomic E-state index is -1.21. The first kappa shape index (κ1) is 19.3. The van der Waals surface area contributed by atoms with E-state index in [1.807, 2.05) is 55.6 Å². The van der Waals surface area contributed by atoms with Crippen LogP contribution in [0.4, 0.5) is 11.4 Å². The highest BCUT2D eigenvalue weighted by Crippen LogP contribution is 2.54. The Labute approximate surface area is 179 Å². The Hall–Kier alpha value is -2.64. The molecule has 2 aromatic carbocycles. The van der Waals surface area contributed by atoms with Crippen molar-refractivity contribution in [3.8, 4) is 0 Å². The fourth-order valence-corrected chi connectivity index (χ4v) is 5.79. The number of nitrogens with zero attached hydrogens (tertiary/aromatic N) is 1. The molecular weight excluding hydrogens is 398 g/mol. The summed E-state index contributed by atoms with van der Waals surface area (Å²) in [6.45, 7) is 1.89. The number of carbonyl (C=O) groups excluding carboxylic acids is 3. The fraction of sp³-hybridized carbons (Fsp3) is 0.348. The van der Waals surface area contributed by atoms with Crippen LogP contribution in [-0.2, 0) is 19.9 Å². The molecule has 30 heavy (non-hydrogen) atoms. The van der Waals surface area contributed by atoms with Crippen molar-refractivity contribution < 1.29 is 14.4 Å². The van der Waals surface area contributed by atoms with Gasteiger partial charge in [0.05, 0.1) is 17.5 Å². The van der Waals surface area contributed by atoms with Crippen LogP contribution in [0, 0.1) is 18.8 Å². The number of amides is 3. The Morgan fingerprint density at radius 2 is 1.77 bits per heavy atom. The van der Waals surface area contributed by atoms with Crippen LogP contribution in [0.15, 0.2) is 48.5 Å². The lowest BCUT2D eigenvalue weighted by Crippen LogP contribution is -2.53. The SMILES string of the molecule is CSCC[C@@H]1N[C@]2(C(=O)Nc3ccccc32)[C@@H]2C(=O)N(c3ccccc3C)C(=O)[C@H]12. The molecule has 2 fully saturated rings. The highest BCUT2D eigenvalue weighted by molar-refractivity contribution is 7.98. The Kier molecular flexibility index (Phi) is 4.48. The van der Waals surface area contributed by atoms with Crippen LogP contribution in [0.5, 0.6) is 0 Å². The van der Waals surface area contributed by atoms with Gasteiger partial charge in [-0.1, -0.05) is 36.4 Å². The van der Waals surface area contributed by atoms with Gasteiger partial charge in [-0.15, -0.1) is 0 Å². The Bertz CT molecular complexity index is 1070. The van der Waals surface area contributed by atoms with E-state index in [0.717, 1.165) is 16.9 Å². The lowest BCUT2D eigenvalue weighted by atomic mass is 9.76. The summed E-state index contributed by atoms with van der Waals surface area (Å²) in [4.78, 5) is 42.0. The molecule has 5 rings (SSSR count). The molecule has 154 valence electrons. The first-order chi connectivity index (χ1) is 14.5. The summed E-state index contributed by atoms with van der Waals surface area (Å²) in [6, 6.07) is 14.6. The van der Waals surface area contributed by atoms with Crippen molar-refractivity contribution in [3.63, 3.8) is 0 Å². The molecule has 3 amide bonds. The number of anilines is 2. The molecule has 0 bridgehead atoms. The van der Waals surface area contributed by atoms with E-state index in [9.17, 15) is 14.4 Å². The van der Waals surface area contributed by atoms with Crippen LogP contribution in [-0.4, -0.2) is 35.8 Å². The van der Waals surface area contributed by atoms with Crippen molar-refractivity contribution in [1.82, 2.24) is 5.32 Å². The van der Waals surface area contributed by atoms with Crippen molar-refractivity contribution in [2.24, 2.45) is 11.8 Å². The molecule has 3 aliphatic heterocycles. The van der Waals surface area contributed by atoms with E-state index in [2.05, 4.69) is 10.6 Å². The van der Waals surface area contributed by atoms with E-state index in [-0.39, 0.29) is 23.8 Å². The maximum Gasteiger partial charge on any atom is 0.250 e. The summed E-state index contributed by atoms with van der Waals surface area (Å²) in [5.74, 6) is -1.26. The van der Waals surface area contributed by atoms with E-state index >= 15 is 0 Å². The molecule has 3 aliphatic rings. The van der Waals surface area contributed by atoms with E-state index in [1.54, 1.807) is 17.8 Å². The number of fused-ring (bicyclic) bond motifs is 4. The van der Waals surface area contributed by atoms with Gasteiger partial charge in [-0.3, -0.25) is 19.7 Å². The molecule has 0 radical (unpaired) electrons. The first-order valence-electron chi connectivity index (χ1n) is 10.1. The second-order valence-electron chi connectivity index (χ2n) is 8.14. The maximum absolute atomic E-state index is 13.8. The van der Waals surface area contributed by atoms with Crippen LogP contribution < -0.4 is 15.5 Å². The van der Waals surface area contributed by atoms with Gasteiger partial charge >= 0.3 is 0 Å². The van der Waals surface area contributed by atoms with Crippen molar-refractivity contribution >= 4 is 40.9 Å². The molecule has 2 N–H and O–H groups in total. The second-order valence-corrected chi connectivity index (χ2v) is 9.13. The smallest absolute Gasteiger partial charge is 0.250 e. The molecule has 0 unspecified atom stereocenters. The Morgan fingerprint density at radius 1 is 1.03 bits per heavy atom. The number of aryl methyl sites for hydroxylation is 1. The van der Waals surface area contributed by atoms with E-state index in [1.165, 1.54) is 4.90 Å².